The second-order valence-corrected chi connectivity index (χ2v) is 5.05. The topological polar surface area (TPSA) is 52.7 Å². The number of nitrogen functional groups attached to an aromatic ring is 1. The zero-order chi connectivity index (χ0) is 13.7. The fourth-order valence-corrected chi connectivity index (χ4v) is 2.47. The average Bonchev–Trinajstić information content (AvgIpc) is 2.60. The third-order valence-electron chi connectivity index (χ3n) is 3.57. The summed E-state index contributed by atoms with van der Waals surface area (Å²) >= 11 is 0. The SMILES string of the molecule is Nc1ccc(CN2CCCN(CCO)CC2)cc1F. The van der Waals surface area contributed by atoms with Gasteiger partial charge in [-0.3, -0.25) is 9.80 Å². The normalized spacial score (nSPS) is 18.4. The van der Waals surface area contributed by atoms with Crippen molar-refractivity contribution in [2.45, 2.75) is 13.0 Å². The lowest BCUT2D eigenvalue weighted by molar-refractivity contribution is 0.196. The van der Waals surface area contributed by atoms with Crippen LogP contribution in [0.3, 0.4) is 0 Å². The van der Waals surface area contributed by atoms with Gasteiger partial charge < -0.3 is 10.8 Å². The molecule has 0 aromatic heterocycles. The number of aliphatic hydroxyl groups excluding tert-OH is 1. The third-order valence-corrected chi connectivity index (χ3v) is 3.57. The summed E-state index contributed by atoms with van der Waals surface area (Å²) in [7, 11) is 0. The average molecular weight is 267 g/mol. The van der Waals surface area contributed by atoms with Gasteiger partial charge in [-0.15, -0.1) is 0 Å². The number of hydrogen-bond acceptors (Lipinski definition) is 4. The molecular weight excluding hydrogens is 245 g/mol. The Morgan fingerprint density at radius 1 is 1.16 bits per heavy atom. The summed E-state index contributed by atoms with van der Waals surface area (Å²) in [5.41, 5.74) is 6.64. The molecule has 1 heterocycles. The summed E-state index contributed by atoms with van der Waals surface area (Å²) < 4.78 is 13.4. The van der Waals surface area contributed by atoms with Gasteiger partial charge in [0.1, 0.15) is 5.82 Å². The van der Waals surface area contributed by atoms with Gasteiger partial charge in [0.2, 0.25) is 0 Å². The van der Waals surface area contributed by atoms with Crippen molar-refractivity contribution >= 4 is 5.69 Å². The first-order valence-corrected chi connectivity index (χ1v) is 6.78. The zero-order valence-corrected chi connectivity index (χ0v) is 11.2. The standard InChI is InChI=1S/C14H22FN3O/c15-13-10-12(2-3-14(13)16)11-18-5-1-4-17(6-7-18)8-9-19/h2-3,10,19H,1,4-9,11,16H2. The van der Waals surface area contributed by atoms with Crippen LogP contribution in [0.1, 0.15) is 12.0 Å². The molecule has 0 aliphatic carbocycles. The first-order chi connectivity index (χ1) is 9.19. The van der Waals surface area contributed by atoms with Crippen LogP contribution in [0.15, 0.2) is 18.2 Å². The minimum atomic E-state index is -0.339. The summed E-state index contributed by atoms with van der Waals surface area (Å²) in [6.45, 7) is 5.64. The zero-order valence-electron chi connectivity index (χ0n) is 11.2. The van der Waals surface area contributed by atoms with Gasteiger partial charge in [0.15, 0.2) is 0 Å². The van der Waals surface area contributed by atoms with Crippen molar-refractivity contribution in [2.75, 3.05) is 45.1 Å². The monoisotopic (exact) mass is 267 g/mol. The van der Waals surface area contributed by atoms with Gasteiger partial charge in [-0.05, 0) is 37.2 Å². The molecule has 4 nitrogen and oxygen atoms in total. The van der Waals surface area contributed by atoms with Crippen molar-refractivity contribution < 1.29 is 9.50 Å². The summed E-state index contributed by atoms with van der Waals surface area (Å²) in [5.74, 6) is -0.339. The van der Waals surface area contributed by atoms with Crippen LogP contribution in [0.2, 0.25) is 0 Å². The number of nitrogens with two attached hydrogens (primary N) is 1. The van der Waals surface area contributed by atoms with Gasteiger partial charge >= 0.3 is 0 Å². The van der Waals surface area contributed by atoms with Crippen molar-refractivity contribution in [1.82, 2.24) is 9.80 Å². The highest BCUT2D eigenvalue weighted by atomic mass is 19.1. The molecule has 19 heavy (non-hydrogen) atoms. The molecule has 0 atom stereocenters. The molecule has 0 unspecified atom stereocenters. The Bertz CT molecular complexity index is 414. The smallest absolute Gasteiger partial charge is 0.146 e. The van der Waals surface area contributed by atoms with E-state index in [-0.39, 0.29) is 18.1 Å². The lowest BCUT2D eigenvalue weighted by Gasteiger charge is -2.21. The maximum Gasteiger partial charge on any atom is 0.146 e. The Morgan fingerprint density at radius 2 is 1.89 bits per heavy atom. The van der Waals surface area contributed by atoms with Gasteiger partial charge in [0.25, 0.3) is 0 Å². The minimum absolute atomic E-state index is 0.203. The summed E-state index contributed by atoms with van der Waals surface area (Å²) in [6, 6.07) is 5.03. The fraction of sp³-hybridized carbons (Fsp3) is 0.571. The molecule has 1 saturated heterocycles. The van der Waals surface area contributed by atoms with Crippen LogP contribution >= 0.6 is 0 Å². The quantitative estimate of drug-likeness (QED) is 0.796. The molecule has 1 aromatic carbocycles. The predicted octanol–water partition coefficient (Wildman–Crippen LogP) is 0.908. The van der Waals surface area contributed by atoms with Crippen LogP contribution in [0.4, 0.5) is 10.1 Å². The first-order valence-electron chi connectivity index (χ1n) is 6.78. The highest BCUT2D eigenvalue weighted by Crippen LogP contribution is 2.14. The van der Waals surface area contributed by atoms with E-state index in [0.717, 1.165) is 51.3 Å². The Kier molecular flexibility index (Phi) is 5.13. The molecule has 5 heteroatoms. The molecule has 1 aromatic rings. The van der Waals surface area contributed by atoms with E-state index in [1.54, 1.807) is 6.07 Å². The highest BCUT2D eigenvalue weighted by molar-refractivity contribution is 5.41. The van der Waals surface area contributed by atoms with E-state index in [1.807, 2.05) is 6.07 Å². The number of benzene rings is 1. The molecule has 0 amide bonds. The largest absolute Gasteiger partial charge is 0.396 e. The molecule has 1 fully saturated rings. The van der Waals surface area contributed by atoms with Crippen LogP contribution in [0.25, 0.3) is 0 Å². The van der Waals surface area contributed by atoms with E-state index in [1.165, 1.54) is 6.07 Å². The van der Waals surface area contributed by atoms with Crippen molar-refractivity contribution in [2.24, 2.45) is 0 Å². The van der Waals surface area contributed by atoms with Crippen LogP contribution in [0.5, 0.6) is 0 Å². The second kappa shape index (κ2) is 6.84. The molecule has 0 bridgehead atoms. The van der Waals surface area contributed by atoms with Gasteiger partial charge in [0, 0.05) is 26.2 Å². The lowest BCUT2D eigenvalue weighted by atomic mass is 10.2. The minimum Gasteiger partial charge on any atom is -0.396 e. The molecule has 0 radical (unpaired) electrons. The fourth-order valence-electron chi connectivity index (χ4n) is 2.47. The number of rotatable bonds is 4. The number of hydrogen-bond donors (Lipinski definition) is 2. The molecular formula is C14H22FN3O. The van der Waals surface area contributed by atoms with E-state index in [9.17, 15) is 4.39 Å². The van der Waals surface area contributed by atoms with E-state index in [2.05, 4.69) is 9.80 Å². The van der Waals surface area contributed by atoms with Crippen LogP contribution in [0, 0.1) is 5.82 Å². The van der Waals surface area contributed by atoms with E-state index < -0.39 is 0 Å². The molecule has 3 N–H and O–H groups in total. The van der Waals surface area contributed by atoms with E-state index >= 15 is 0 Å². The van der Waals surface area contributed by atoms with Gasteiger partial charge in [-0.1, -0.05) is 6.07 Å². The van der Waals surface area contributed by atoms with Gasteiger partial charge in [-0.25, -0.2) is 4.39 Å². The number of halogens is 1. The third kappa shape index (κ3) is 4.16. The van der Waals surface area contributed by atoms with E-state index in [0.29, 0.717) is 0 Å². The first kappa shape index (κ1) is 14.2. The molecule has 2 rings (SSSR count). The molecule has 0 saturated carbocycles. The predicted molar refractivity (Wildman–Crippen MR) is 74.2 cm³/mol. The Labute approximate surface area is 113 Å². The number of anilines is 1. The van der Waals surface area contributed by atoms with Crippen LogP contribution in [-0.4, -0.2) is 54.2 Å². The second-order valence-electron chi connectivity index (χ2n) is 5.05. The van der Waals surface area contributed by atoms with E-state index in [4.69, 9.17) is 10.8 Å². The van der Waals surface area contributed by atoms with Gasteiger partial charge in [0.05, 0.1) is 12.3 Å². The highest BCUT2D eigenvalue weighted by Gasteiger charge is 2.14. The Balaban J connectivity index is 1.90. The van der Waals surface area contributed by atoms with Crippen LogP contribution < -0.4 is 5.73 Å². The van der Waals surface area contributed by atoms with Crippen molar-refractivity contribution in [3.63, 3.8) is 0 Å². The molecule has 0 spiro atoms. The lowest BCUT2D eigenvalue weighted by Crippen LogP contribution is -2.32. The molecule has 1 aliphatic heterocycles. The van der Waals surface area contributed by atoms with Gasteiger partial charge in [-0.2, -0.15) is 0 Å². The molecule has 1 aliphatic rings. The Morgan fingerprint density at radius 3 is 2.63 bits per heavy atom. The molecule has 106 valence electrons. The number of β-amino-alcohol motifs (C(OH)–C–C–N with tert-alkyl or cyclic N) is 1. The number of nitrogens with zero attached hydrogens (tertiary/aromatic N) is 2. The van der Waals surface area contributed by atoms with Crippen molar-refractivity contribution in [1.29, 1.82) is 0 Å². The summed E-state index contributed by atoms with van der Waals surface area (Å²) in [5, 5.41) is 8.96. The summed E-state index contributed by atoms with van der Waals surface area (Å²) in [4.78, 5) is 4.59. The maximum absolute atomic E-state index is 13.4. The summed E-state index contributed by atoms with van der Waals surface area (Å²) in [6.07, 6.45) is 1.08. The Hall–Kier alpha value is -1.17. The maximum atomic E-state index is 13.4. The van der Waals surface area contributed by atoms with Crippen molar-refractivity contribution in [3.05, 3.63) is 29.6 Å². The van der Waals surface area contributed by atoms with Crippen molar-refractivity contribution in [3.8, 4) is 0 Å². The number of aliphatic hydroxyl groups is 1. The van der Waals surface area contributed by atoms with Crippen LogP contribution in [-0.2, 0) is 6.54 Å².